The van der Waals surface area contributed by atoms with Crippen LogP contribution in [0, 0.1) is 0 Å². The number of esters is 2. The lowest BCUT2D eigenvalue weighted by molar-refractivity contribution is -0.870. The molecule has 0 aromatic heterocycles. The largest absolute Gasteiger partial charge is 0.472 e. The Hall–Kier alpha value is -2.55. The van der Waals surface area contributed by atoms with Crippen molar-refractivity contribution in [2.24, 2.45) is 0 Å². The fraction of sp³-hybridized carbons (Fsp3) is 0.763. The monoisotopic (exact) mass is 989 g/mol. The third kappa shape index (κ3) is 54.6. The van der Waals surface area contributed by atoms with E-state index in [1.807, 2.05) is 21.1 Å². The van der Waals surface area contributed by atoms with Crippen molar-refractivity contribution in [2.45, 2.75) is 245 Å². The van der Waals surface area contributed by atoms with Gasteiger partial charge in [-0.05, 0) is 64.2 Å². The summed E-state index contributed by atoms with van der Waals surface area (Å²) in [5.41, 5.74) is 0. The fourth-order valence-corrected chi connectivity index (χ4v) is 8.41. The maximum atomic E-state index is 12.8. The molecule has 0 bridgehead atoms. The summed E-state index contributed by atoms with van der Waals surface area (Å²) >= 11 is 0. The molecule has 1 N–H and O–H groups in total. The molecule has 0 rings (SSSR count). The summed E-state index contributed by atoms with van der Waals surface area (Å²) in [6.07, 6.45) is 65.3. The molecular formula is C59H107NO8P+. The number of hydrogen-bond donors (Lipinski definition) is 1. The average Bonchev–Trinajstić information content (AvgIpc) is 3.31. The highest BCUT2D eigenvalue weighted by Crippen LogP contribution is 2.43. The average molecular weight is 989 g/mol. The van der Waals surface area contributed by atoms with E-state index in [9.17, 15) is 19.0 Å². The summed E-state index contributed by atoms with van der Waals surface area (Å²) in [4.78, 5) is 35.7. The van der Waals surface area contributed by atoms with E-state index in [-0.39, 0.29) is 32.0 Å². The number of nitrogens with zero attached hydrogens (tertiary/aromatic N) is 1. The van der Waals surface area contributed by atoms with Gasteiger partial charge in [0.15, 0.2) is 6.10 Å². The van der Waals surface area contributed by atoms with Gasteiger partial charge >= 0.3 is 19.8 Å². The van der Waals surface area contributed by atoms with Crippen LogP contribution in [0.2, 0.25) is 0 Å². The Morgan fingerprint density at radius 3 is 1.23 bits per heavy atom. The van der Waals surface area contributed by atoms with E-state index in [1.54, 1.807) is 0 Å². The number of likely N-dealkylation sites (N-methyl/N-ethyl adjacent to an activating group) is 1. The van der Waals surface area contributed by atoms with Crippen LogP contribution in [-0.4, -0.2) is 74.9 Å². The molecule has 0 saturated carbocycles. The molecule has 0 spiro atoms. The smallest absolute Gasteiger partial charge is 0.462 e. The minimum Gasteiger partial charge on any atom is -0.462 e. The first-order valence-electron chi connectivity index (χ1n) is 28.2. The minimum absolute atomic E-state index is 0.0265. The van der Waals surface area contributed by atoms with Gasteiger partial charge in [-0.3, -0.25) is 18.6 Å². The standard InChI is InChI=1S/C59H106NO8P/c1-6-8-10-12-14-16-18-20-22-24-26-28-29-30-31-32-34-36-38-40-42-44-46-48-50-52-59(62)68-57(56-67-69(63,64)66-54-53-60(3,4)5)55-65-58(61)51-49-47-45-43-41-39-37-35-33-27-25-23-21-19-17-15-13-11-9-7-2/h8,10,14,16,20,22,26,28,30-31,34,36,57H,6-7,9,11-13,15,17-19,21,23-25,27,29,32-33,35,37-56H2,1-5H3/p+1/b10-8-,16-14-,22-20-,28-26-,31-30-,36-34-. The Kier molecular flexibility index (Phi) is 48.5. The van der Waals surface area contributed by atoms with Crippen molar-refractivity contribution in [1.29, 1.82) is 0 Å². The van der Waals surface area contributed by atoms with Gasteiger partial charge in [0.25, 0.3) is 0 Å². The van der Waals surface area contributed by atoms with Gasteiger partial charge in [-0.1, -0.05) is 234 Å². The maximum absolute atomic E-state index is 12.8. The van der Waals surface area contributed by atoms with E-state index >= 15 is 0 Å². The van der Waals surface area contributed by atoms with Crippen molar-refractivity contribution in [2.75, 3.05) is 47.5 Å². The van der Waals surface area contributed by atoms with Gasteiger partial charge in [0.1, 0.15) is 19.8 Å². The summed E-state index contributed by atoms with van der Waals surface area (Å²) in [6, 6.07) is 0. The first-order valence-corrected chi connectivity index (χ1v) is 29.7. The number of carbonyl (C=O) groups is 2. The van der Waals surface area contributed by atoms with Crippen molar-refractivity contribution >= 4 is 19.8 Å². The number of phosphoric ester groups is 1. The molecule has 9 nitrogen and oxygen atoms in total. The van der Waals surface area contributed by atoms with Crippen molar-refractivity contribution in [3.63, 3.8) is 0 Å². The molecule has 0 radical (unpaired) electrons. The Morgan fingerprint density at radius 2 is 0.826 bits per heavy atom. The number of carbonyl (C=O) groups excluding carboxylic acids is 2. The predicted molar refractivity (Wildman–Crippen MR) is 293 cm³/mol. The first-order chi connectivity index (χ1) is 33.5. The molecule has 0 aliphatic carbocycles. The first kappa shape index (κ1) is 66.5. The van der Waals surface area contributed by atoms with E-state index in [0.29, 0.717) is 17.4 Å². The normalized spacial score (nSPS) is 13.9. The molecule has 10 heteroatoms. The number of allylic oxidation sites excluding steroid dienone is 12. The second-order valence-corrected chi connectivity index (χ2v) is 21.4. The minimum atomic E-state index is -4.39. The Bertz CT molecular complexity index is 1400. The fourth-order valence-electron chi connectivity index (χ4n) is 7.67. The van der Waals surface area contributed by atoms with Crippen molar-refractivity contribution in [1.82, 2.24) is 0 Å². The summed E-state index contributed by atoms with van der Waals surface area (Å²) in [5.74, 6) is -0.809. The van der Waals surface area contributed by atoms with Crippen LogP contribution in [0.4, 0.5) is 0 Å². The number of quaternary nitrogens is 1. The van der Waals surface area contributed by atoms with Gasteiger partial charge in [0.05, 0.1) is 27.7 Å². The van der Waals surface area contributed by atoms with Crippen LogP contribution < -0.4 is 0 Å². The van der Waals surface area contributed by atoms with E-state index in [2.05, 4.69) is 86.8 Å². The molecule has 0 heterocycles. The van der Waals surface area contributed by atoms with Crippen molar-refractivity contribution in [3.8, 4) is 0 Å². The van der Waals surface area contributed by atoms with Gasteiger partial charge < -0.3 is 18.9 Å². The zero-order valence-electron chi connectivity index (χ0n) is 45.3. The molecule has 0 saturated heterocycles. The quantitative estimate of drug-likeness (QED) is 0.0211. The number of hydrogen-bond acceptors (Lipinski definition) is 7. The SMILES string of the molecule is CC/C=C\C/C=C\C/C=C\C/C=C\C/C=C\C/C=C\CCCCCCCCC(=O)OC(COC(=O)CCCCCCCCCCCCCCCCCCCCCC)COP(=O)(O)OCC[N+](C)(C)C. The highest BCUT2D eigenvalue weighted by molar-refractivity contribution is 7.47. The highest BCUT2D eigenvalue weighted by Gasteiger charge is 2.27. The molecule has 0 aromatic rings. The van der Waals surface area contributed by atoms with Crippen LogP contribution >= 0.6 is 7.82 Å². The summed E-state index contributed by atoms with van der Waals surface area (Å²) in [7, 11) is 1.46. The lowest BCUT2D eigenvalue weighted by atomic mass is 10.0. The van der Waals surface area contributed by atoms with E-state index < -0.39 is 26.5 Å². The molecular weight excluding hydrogens is 882 g/mol. The molecule has 0 amide bonds. The number of unbranched alkanes of at least 4 members (excludes halogenated alkanes) is 25. The van der Waals surface area contributed by atoms with Crippen LogP contribution in [0.1, 0.15) is 239 Å². The molecule has 69 heavy (non-hydrogen) atoms. The van der Waals surface area contributed by atoms with Gasteiger partial charge in [0, 0.05) is 12.8 Å². The van der Waals surface area contributed by atoms with Crippen molar-refractivity contribution in [3.05, 3.63) is 72.9 Å². The molecule has 0 aliphatic heterocycles. The third-order valence-electron chi connectivity index (χ3n) is 12.0. The molecule has 0 fully saturated rings. The van der Waals surface area contributed by atoms with Gasteiger partial charge in [-0.25, -0.2) is 4.57 Å². The number of ether oxygens (including phenoxy) is 2. The highest BCUT2D eigenvalue weighted by atomic mass is 31.2. The molecule has 0 aliphatic rings. The lowest BCUT2D eigenvalue weighted by Crippen LogP contribution is -2.37. The van der Waals surface area contributed by atoms with Crippen LogP contribution in [0.3, 0.4) is 0 Å². The maximum Gasteiger partial charge on any atom is 0.472 e. The van der Waals surface area contributed by atoms with Gasteiger partial charge in [-0.2, -0.15) is 0 Å². The van der Waals surface area contributed by atoms with Gasteiger partial charge in [0.2, 0.25) is 0 Å². The molecule has 2 atom stereocenters. The van der Waals surface area contributed by atoms with Crippen LogP contribution in [0.15, 0.2) is 72.9 Å². The summed E-state index contributed by atoms with van der Waals surface area (Å²) < 4.78 is 34.5. The predicted octanol–water partition coefficient (Wildman–Crippen LogP) is 17.3. The lowest BCUT2D eigenvalue weighted by Gasteiger charge is -2.24. The summed E-state index contributed by atoms with van der Waals surface area (Å²) in [6.45, 7) is 4.32. The zero-order valence-corrected chi connectivity index (χ0v) is 46.2. The second-order valence-electron chi connectivity index (χ2n) is 19.9. The number of phosphoric acid groups is 1. The van der Waals surface area contributed by atoms with Crippen LogP contribution in [0.5, 0.6) is 0 Å². The van der Waals surface area contributed by atoms with Gasteiger partial charge in [-0.15, -0.1) is 0 Å². The molecule has 0 aromatic carbocycles. The molecule has 400 valence electrons. The van der Waals surface area contributed by atoms with E-state index in [0.717, 1.165) is 96.3 Å². The van der Waals surface area contributed by atoms with Crippen molar-refractivity contribution < 1.29 is 42.1 Å². The topological polar surface area (TPSA) is 108 Å². The Labute approximate surface area is 425 Å². The Morgan fingerprint density at radius 1 is 0.464 bits per heavy atom. The van der Waals surface area contributed by atoms with E-state index in [1.165, 1.54) is 109 Å². The van der Waals surface area contributed by atoms with Crippen LogP contribution in [-0.2, 0) is 32.7 Å². The zero-order chi connectivity index (χ0) is 50.6. The Balaban J connectivity index is 4.24. The van der Waals surface area contributed by atoms with Crippen LogP contribution in [0.25, 0.3) is 0 Å². The number of rotatable bonds is 51. The second kappa shape index (κ2) is 50.4. The summed E-state index contributed by atoms with van der Waals surface area (Å²) in [5, 5.41) is 0. The third-order valence-corrected chi connectivity index (χ3v) is 13.0. The molecule has 2 unspecified atom stereocenters. The van der Waals surface area contributed by atoms with E-state index in [4.69, 9.17) is 18.5 Å².